The summed E-state index contributed by atoms with van der Waals surface area (Å²) in [7, 11) is 0. The molecule has 0 bridgehead atoms. The first-order valence-electron chi connectivity index (χ1n) is 12.3. The van der Waals surface area contributed by atoms with Gasteiger partial charge in [0.15, 0.2) is 11.5 Å². The zero-order valence-corrected chi connectivity index (χ0v) is 20.4. The fourth-order valence-electron chi connectivity index (χ4n) is 5.15. The van der Waals surface area contributed by atoms with E-state index in [1.54, 1.807) is 9.80 Å². The van der Waals surface area contributed by atoms with Crippen LogP contribution in [-0.4, -0.2) is 72.8 Å². The molecule has 4 amide bonds. The van der Waals surface area contributed by atoms with Gasteiger partial charge in [0, 0.05) is 31.9 Å². The fourth-order valence-corrected chi connectivity index (χ4v) is 5.15. The van der Waals surface area contributed by atoms with E-state index in [0.717, 1.165) is 11.3 Å². The topological polar surface area (TPSA) is 103 Å². The van der Waals surface area contributed by atoms with E-state index in [1.165, 1.54) is 0 Å². The molecule has 2 aromatic rings. The Labute approximate surface area is 210 Å². The molecule has 3 aliphatic heterocycles. The number of amides is 4. The summed E-state index contributed by atoms with van der Waals surface area (Å²) in [6, 6.07) is 15.2. The third kappa shape index (κ3) is 4.50. The van der Waals surface area contributed by atoms with Crippen molar-refractivity contribution in [1.29, 1.82) is 0 Å². The Hall–Kier alpha value is -3.95. The highest BCUT2D eigenvalue weighted by molar-refractivity contribution is 5.96. The van der Waals surface area contributed by atoms with Crippen LogP contribution in [0, 0.1) is 0 Å². The number of piperidine rings is 1. The van der Waals surface area contributed by atoms with E-state index in [4.69, 9.17) is 9.47 Å². The van der Waals surface area contributed by atoms with Crippen LogP contribution in [0.25, 0.3) is 0 Å². The molecule has 0 atom stereocenters. The Bertz CT molecular complexity index is 1130. The predicted octanol–water partition coefficient (Wildman–Crippen LogP) is 1.90. The second-order valence-corrected chi connectivity index (χ2v) is 9.23. The third-order valence-electron chi connectivity index (χ3n) is 7.05. The lowest BCUT2D eigenvalue weighted by Gasteiger charge is -2.43. The smallest absolute Gasteiger partial charge is 0.317 e. The minimum Gasteiger partial charge on any atom is -0.454 e. The lowest BCUT2D eigenvalue weighted by molar-refractivity contribution is -0.137. The standard InChI is InChI=1S/C26H31N5O5/c1-2-27-25(34)29-12-10-26(11-13-29)24(33)30(17-31(26)20-6-4-3-5-7-20)16-23(32)28-15-19-8-9-21-22(14-19)36-18-35-21/h3-9,14H,2,10-13,15-18H2,1H3,(H,27,34)(H,28,32). The summed E-state index contributed by atoms with van der Waals surface area (Å²) in [6.07, 6.45) is 1.01. The number of rotatable bonds is 6. The normalized spacial score (nSPS) is 18.0. The second kappa shape index (κ2) is 9.96. The van der Waals surface area contributed by atoms with Gasteiger partial charge in [0.2, 0.25) is 12.7 Å². The van der Waals surface area contributed by atoms with Gasteiger partial charge in [0.1, 0.15) is 12.1 Å². The fraction of sp³-hybridized carbons (Fsp3) is 0.423. The van der Waals surface area contributed by atoms with E-state index in [9.17, 15) is 14.4 Å². The van der Waals surface area contributed by atoms with Crippen LogP contribution in [0.4, 0.5) is 10.5 Å². The molecule has 2 N–H and O–H groups in total. The van der Waals surface area contributed by atoms with Crippen molar-refractivity contribution in [3.8, 4) is 11.5 Å². The van der Waals surface area contributed by atoms with E-state index < -0.39 is 5.54 Å². The quantitative estimate of drug-likeness (QED) is 0.637. The summed E-state index contributed by atoms with van der Waals surface area (Å²) in [5.41, 5.74) is 1.04. The van der Waals surface area contributed by atoms with Crippen molar-refractivity contribution in [3.05, 3.63) is 54.1 Å². The largest absolute Gasteiger partial charge is 0.454 e. The van der Waals surface area contributed by atoms with Gasteiger partial charge in [-0.3, -0.25) is 9.59 Å². The van der Waals surface area contributed by atoms with Gasteiger partial charge in [-0.15, -0.1) is 0 Å². The summed E-state index contributed by atoms with van der Waals surface area (Å²) >= 11 is 0. The number of urea groups is 1. The zero-order valence-electron chi connectivity index (χ0n) is 20.4. The molecule has 0 aromatic heterocycles. The van der Waals surface area contributed by atoms with Crippen LogP contribution in [0.2, 0.25) is 0 Å². The van der Waals surface area contributed by atoms with Crippen molar-refractivity contribution in [2.24, 2.45) is 0 Å². The van der Waals surface area contributed by atoms with Crippen LogP contribution in [0.5, 0.6) is 11.5 Å². The third-order valence-corrected chi connectivity index (χ3v) is 7.05. The van der Waals surface area contributed by atoms with Crippen molar-refractivity contribution in [2.45, 2.75) is 31.8 Å². The number of para-hydroxylation sites is 1. The first-order valence-corrected chi connectivity index (χ1v) is 12.3. The number of nitrogens with one attached hydrogen (secondary N) is 2. The van der Waals surface area contributed by atoms with Crippen LogP contribution in [-0.2, 0) is 16.1 Å². The average molecular weight is 494 g/mol. The molecular formula is C26H31N5O5. The van der Waals surface area contributed by atoms with E-state index in [0.29, 0.717) is 57.2 Å². The second-order valence-electron chi connectivity index (χ2n) is 9.23. The lowest BCUT2D eigenvalue weighted by Crippen LogP contribution is -2.58. The molecule has 2 saturated heterocycles. The molecule has 0 aliphatic carbocycles. The molecule has 3 aliphatic rings. The van der Waals surface area contributed by atoms with Crippen LogP contribution < -0.4 is 25.0 Å². The number of fused-ring (bicyclic) bond motifs is 1. The van der Waals surface area contributed by atoms with Crippen molar-refractivity contribution in [2.75, 3.05) is 44.5 Å². The number of hydrogen-bond donors (Lipinski definition) is 2. The van der Waals surface area contributed by atoms with Crippen molar-refractivity contribution >= 4 is 23.5 Å². The predicted molar refractivity (Wildman–Crippen MR) is 133 cm³/mol. The van der Waals surface area contributed by atoms with Crippen molar-refractivity contribution < 1.29 is 23.9 Å². The SMILES string of the molecule is CCNC(=O)N1CCC2(CC1)C(=O)N(CC(=O)NCc1ccc3c(c1)OCO3)CN2c1ccccc1. The summed E-state index contributed by atoms with van der Waals surface area (Å²) in [5, 5.41) is 5.75. The van der Waals surface area contributed by atoms with E-state index in [2.05, 4.69) is 15.5 Å². The molecule has 0 radical (unpaired) electrons. The number of ether oxygens (including phenoxy) is 2. The molecule has 1 spiro atoms. The Morgan fingerprint density at radius 2 is 1.75 bits per heavy atom. The van der Waals surface area contributed by atoms with E-state index in [1.807, 2.05) is 55.5 Å². The molecule has 0 saturated carbocycles. The number of nitrogens with zero attached hydrogens (tertiary/aromatic N) is 3. The molecule has 2 aromatic carbocycles. The Balaban J connectivity index is 1.27. The summed E-state index contributed by atoms with van der Waals surface area (Å²) in [6.45, 7) is 4.21. The van der Waals surface area contributed by atoms with Gasteiger partial charge in [-0.1, -0.05) is 24.3 Å². The number of hydrogen-bond acceptors (Lipinski definition) is 6. The number of carbonyl (C=O) groups excluding carboxylic acids is 3. The highest BCUT2D eigenvalue weighted by atomic mass is 16.7. The van der Waals surface area contributed by atoms with Crippen molar-refractivity contribution in [3.63, 3.8) is 0 Å². The van der Waals surface area contributed by atoms with Gasteiger partial charge in [-0.2, -0.15) is 0 Å². The molecule has 10 heteroatoms. The summed E-state index contributed by atoms with van der Waals surface area (Å²) in [5.74, 6) is 1.05. The minimum absolute atomic E-state index is 0.0332. The lowest BCUT2D eigenvalue weighted by atomic mass is 9.85. The first-order chi connectivity index (χ1) is 17.5. The molecule has 2 fully saturated rings. The highest BCUT2D eigenvalue weighted by Crippen LogP contribution is 2.39. The molecule has 10 nitrogen and oxygen atoms in total. The van der Waals surface area contributed by atoms with E-state index in [-0.39, 0.29) is 31.2 Å². The van der Waals surface area contributed by atoms with Crippen LogP contribution in [0.1, 0.15) is 25.3 Å². The Morgan fingerprint density at radius 1 is 1.00 bits per heavy atom. The van der Waals surface area contributed by atoms with Gasteiger partial charge in [-0.05, 0) is 49.6 Å². The average Bonchev–Trinajstić information content (AvgIpc) is 3.47. The number of carbonyl (C=O) groups is 3. The minimum atomic E-state index is -0.776. The van der Waals surface area contributed by atoms with Crippen LogP contribution in [0.3, 0.4) is 0 Å². The number of benzene rings is 2. The van der Waals surface area contributed by atoms with Gasteiger partial charge < -0.3 is 34.8 Å². The maximum Gasteiger partial charge on any atom is 0.317 e. The molecule has 0 unspecified atom stereocenters. The van der Waals surface area contributed by atoms with Crippen LogP contribution >= 0.6 is 0 Å². The highest BCUT2D eigenvalue weighted by Gasteiger charge is 2.54. The van der Waals surface area contributed by atoms with Gasteiger partial charge in [-0.25, -0.2) is 4.79 Å². The molecule has 3 heterocycles. The summed E-state index contributed by atoms with van der Waals surface area (Å²) < 4.78 is 10.7. The number of likely N-dealkylation sites (tertiary alicyclic amines) is 1. The molecule has 5 rings (SSSR count). The van der Waals surface area contributed by atoms with E-state index >= 15 is 0 Å². The molecule has 190 valence electrons. The maximum atomic E-state index is 13.8. The van der Waals surface area contributed by atoms with Gasteiger partial charge in [0.05, 0.1) is 6.67 Å². The Morgan fingerprint density at radius 3 is 2.50 bits per heavy atom. The van der Waals surface area contributed by atoms with Gasteiger partial charge in [0.25, 0.3) is 5.91 Å². The zero-order chi connectivity index (χ0) is 25.1. The molecular weight excluding hydrogens is 462 g/mol. The van der Waals surface area contributed by atoms with Gasteiger partial charge >= 0.3 is 6.03 Å². The maximum absolute atomic E-state index is 13.8. The molecule has 36 heavy (non-hydrogen) atoms. The van der Waals surface area contributed by atoms with Crippen molar-refractivity contribution in [1.82, 2.24) is 20.4 Å². The monoisotopic (exact) mass is 493 g/mol. The first kappa shape index (κ1) is 23.8. The summed E-state index contributed by atoms with van der Waals surface area (Å²) in [4.78, 5) is 44.4. The Kier molecular flexibility index (Phi) is 6.58. The number of anilines is 1. The van der Waals surface area contributed by atoms with Crippen LogP contribution in [0.15, 0.2) is 48.5 Å².